The molecule has 2 N–H and O–H groups in total. The monoisotopic (exact) mass is 226 g/mol. The third-order valence-electron chi connectivity index (χ3n) is 2.80. The Balaban J connectivity index is 2.39. The standard InChI is InChI=1S/C12H22N2S/c1-3-4-5-12(8-13)14(2)9-11-6-7-15-10-11/h6-7,10,12H,3-5,8-9,13H2,1-2H3. The van der Waals surface area contributed by atoms with Gasteiger partial charge in [-0.2, -0.15) is 11.3 Å². The average molecular weight is 226 g/mol. The van der Waals surface area contributed by atoms with Crippen molar-refractivity contribution < 1.29 is 0 Å². The Labute approximate surface area is 97.1 Å². The van der Waals surface area contributed by atoms with Gasteiger partial charge in [0.1, 0.15) is 0 Å². The normalized spacial score (nSPS) is 13.3. The smallest absolute Gasteiger partial charge is 0.0242 e. The summed E-state index contributed by atoms with van der Waals surface area (Å²) in [5.74, 6) is 0. The number of thiophene rings is 1. The molecule has 0 aliphatic rings. The lowest BCUT2D eigenvalue weighted by atomic mass is 10.1. The predicted octanol–water partition coefficient (Wildman–Crippen LogP) is 2.70. The second-order valence-electron chi connectivity index (χ2n) is 4.08. The summed E-state index contributed by atoms with van der Waals surface area (Å²) in [5, 5.41) is 4.34. The lowest BCUT2D eigenvalue weighted by molar-refractivity contribution is 0.224. The SMILES string of the molecule is CCCCC(CN)N(C)Cc1ccsc1. The molecule has 2 nitrogen and oxygen atoms in total. The van der Waals surface area contributed by atoms with Crippen LogP contribution < -0.4 is 5.73 Å². The Morgan fingerprint density at radius 3 is 2.87 bits per heavy atom. The van der Waals surface area contributed by atoms with Crippen LogP contribution >= 0.6 is 11.3 Å². The highest BCUT2D eigenvalue weighted by molar-refractivity contribution is 7.07. The summed E-state index contributed by atoms with van der Waals surface area (Å²) in [5.41, 5.74) is 7.20. The maximum Gasteiger partial charge on any atom is 0.0242 e. The molecule has 0 aromatic carbocycles. The molecule has 1 rings (SSSR count). The minimum absolute atomic E-state index is 0.532. The van der Waals surface area contributed by atoms with Crippen LogP contribution in [0.4, 0.5) is 0 Å². The van der Waals surface area contributed by atoms with Gasteiger partial charge in [-0.3, -0.25) is 4.90 Å². The van der Waals surface area contributed by atoms with E-state index in [0.717, 1.165) is 13.1 Å². The molecule has 1 aromatic rings. The van der Waals surface area contributed by atoms with Crippen LogP contribution in [-0.2, 0) is 6.54 Å². The van der Waals surface area contributed by atoms with E-state index in [1.165, 1.54) is 24.8 Å². The van der Waals surface area contributed by atoms with Crippen molar-refractivity contribution in [3.63, 3.8) is 0 Å². The summed E-state index contributed by atoms with van der Waals surface area (Å²) in [7, 11) is 2.17. The van der Waals surface area contributed by atoms with Crippen molar-refractivity contribution in [2.75, 3.05) is 13.6 Å². The Hall–Kier alpha value is -0.380. The lowest BCUT2D eigenvalue weighted by Gasteiger charge is -2.26. The first-order valence-electron chi connectivity index (χ1n) is 5.69. The molecular weight excluding hydrogens is 204 g/mol. The molecule has 0 aliphatic carbocycles. The van der Waals surface area contributed by atoms with E-state index in [1.54, 1.807) is 11.3 Å². The summed E-state index contributed by atoms with van der Waals surface area (Å²) in [6, 6.07) is 2.72. The topological polar surface area (TPSA) is 29.3 Å². The molecule has 0 bridgehead atoms. The van der Waals surface area contributed by atoms with Gasteiger partial charge < -0.3 is 5.73 Å². The van der Waals surface area contributed by atoms with Crippen LogP contribution in [-0.4, -0.2) is 24.5 Å². The molecule has 0 saturated heterocycles. The third-order valence-corrected chi connectivity index (χ3v) is 3.53. The molecule has 0 saturated carbocycles. The summed E-state index contributed by atoms with van der Waals surface area (Å²) in [6.07, 6.45) is 3.74. The Morgan fingerprint density at radius 2 is 2.33 bits per heavy atom. The van der Waals surface area contributed by atoms with Gasteiger partial charge in [0, 0.05) is 19.1 Å². The van der Waals surface area contributed by atoms with E-state index in [-0.39, 0.29) is 0 Å². The molecule has 86 valence electrons. The summed E-state index contributed by atoms with van der Waals surface area (Å²) in [6.45, 7) is 4.02. The van der Waals surface area contributed by atoms with Gasteiger partial charge in [0.05, 0.1) is 0 Å². The zero-order valence-corrected chi connectivity index (χ0v) is 10.6. The minimum Gasteiger partial charge on any atom is -0.329 e. The number of hydrogen-bond acceptors (Lipinski definition) is 3. The maximum atomic E-state index is 5.80. The molecule has 0 radical (unpaired) electrons. The van der Waals surface area contributed by atoms with E-state index in [2.05, 4.69) is 35.7 Å². The first-order valence-corrected chi connectivity index (χ1v) is 6.63. The maximum absolute atomic E-state index is 5.80. The summed E-state index contributed by atoms with van der Waals surface area (Å²) >= 11 is 1.76. The summed E-state index contributed by atoms with van der Waals surface area (Å²) < 4.78 is 0. The predicted molar refractivity (Wildman–Crippen MR) is 68.2 cm³/mol. The number of hydrogen-bond donors (Lipinski definition) is 1. The van der Waals surface area contributed by atoms with E-state index in [9.17, 15) is 0 Å². The van der Waals surface area contributed by atoms with Crippen molar-refractivity contribution in [3.8, 4) is 0 Å². The van der Waals surface area contributed by atoms with E-state index >= 15 is 0 Å². The highest BCUT2D eigenvalue weighted by Crippen LogP contribution is 2.12. The van der Waals surface area contributed by atoms with Crippen LogP contribution in [0.15, 0.2) is 16.8 Å². The van der Waals surface area contributed by atoms with Gasteiger partial charge in [0.25, 0.3) is 0 Å². The largest absolute Gasteiger partial charge is 0.329 e. The van der Waals surface area contributed by atoms with Crippen molar-refractivity contribution in [3.05, 3.63) is 22.4 Å². The van der Waals surface area contributed by atoms with Gasteiger partial charge in [-0.25, -0.2) is 0 Å². The third kappa shape index (κ3) is 4.33. The van der Waals surface area contributed by atoms with Gasteiger partial charge in [-0.15, -0.1) is 0 Å². The molecule has 0 aliphatic heterocycles. The van der Waals surface area contributed by atoms with E-state index in [4.69, 9.17) is 5.73 Å². The molecule has 1 heterocycles. The first kappa shape index (κ1) is 12.7. The number of rotatable bonds is 7. The van der Waals surface area contributed by atoms with Crippen LogP contribution in [0.2, 0.25) is 0 Å². The highest BCUT2D eigenvalue weighted by atomic mass is 32.1. The minimum atomic E-state index is 0.532. The van der Waals surface area contributed by atoms with Crippen LogP contribution in [0.25, 0.3) is 0 Å². The number of nitrogens with zero attached hydrogens (tertiary/aromatic N) is 1. The van der Waals surface area contributed by atoms with Gasteiger partial charge in [-0.1, -0.05) is 19.8 Å². The Kier molecular flexibility index (Phi) is 5.91. The molecule has 0 spiro atoms. The van der Waals surface area contributed by atoms with E-state index in [1.807, 2.05) is 0 Å². The van der Waals surface area contributed by atoms with Crippen molar-refractivity contribution in [1.29, 1.82) is 0 Å². The van der Waals surface area contributed by atoms with Crippen molar-refractivity contribution in [1.82, 2.24) is 4.90 Å². The van der Waals surface area contributed by atoms with Gasteiger partial charge in [0.2, 0.25) is 0 Å². The fourth-order valence-electron chi connectivity index (χ4n) is 1.76. The fraction of sp³-hybridized carbons (Fsp3) is 0.667. The lowest BCUT2D eigenvalue weighted by Crippen LogP contribution is -2.37. The zero-order valence-electron chi connectivity index (χ0n) is 9.78. The van der Waals surface area contributed by atoms with Crippen LogP contribution in [0.5, 0.6) is 0 Å². The number of nitrogens with two attached hydrogens (primary N) is 1. The summed E-state index contributed by atoms with van der Waals surface area (Å²) in [4.78, 5) is 2.37. The molecule has 1 atom stereocenters. The van der Waals surface area contributed by atoms with Crippen LogP contribution in [0.3, 0.4) is 0 Å². The Bertz CT molecular complexity index is 246. The van der Waals surface area contributed by atoms with Crippen LogP contribution in [0, 0.1) is 0 Å². The number of unbranched alkanes of at least 4 members (excludes halogenated alkanes) is 1. The molecule has 3 heteroatoms. The molecule has 1 aromatic heterocycles. The van der Waals surface area contributed by atoms with E-state index in [0.29, 0.717) is 6.04 Å². The second-order valence-corrected chi connectivity index (χ2v) is 4.86. The van der Waals surface area contributed by atoms with Crippen molar-refractivity contribution in [2.24, 2.45) is 5.73 Å². The zero-order chi connectivity index (χ0) is 11.1. The molecule has 1 unspecified atom stereocenters. The molecular formula is C12H22N2S. The highest BCUT2D eigenvalue weighted by Gasteiger charge is 2.12. The first-order chi connectivity index (χ1) is 7.27. The van der Waals surface area contributed by atoms with Gasteiger partial charge in [0.15, 0.2) is 0 Å². The van der Waals surface area contributed by atoms with Gasteiger partial charge in [-0.05, 0) is 35.9 Å². The van der Waals surface area contributed by atoms with Crippen molar-refractivity contribution in [2.45, 2.75) is 38.8 Å². The van der Waals surface area contributed by atoms with Crippen LogP contribution in [0.1, 0.15) is 31.7 Å². The van der Waals surface area contributed by atoms with E-state index < -0.39 is 0 Å². The average Bonchev–Trinajstić information content (AvgIpc) is 2.71. The fourth-order valence-corrected chi connectivity index (χ4v) is 2.42. The molecule has 15 heavy (non-hydrogen) atoms. The second kappa shape index (κ2) is 6.99. The van der Waals surface area contributed by atoms with Gasteiger partial charge >= 0.3 is 0 Å². The van der Waals surface area contributed by atoms with Crippen molar-refractivity contribution >= 4 is 11.3 Å². The molecule has 0 amide bonds. The quantitative estimate of drug-likeness (QED) is 0.774. The molecule has 0 fully saturated rings. The Morgan fingerprint density at radius 1 is 1.53 bits per heavy atom. The number of likely N-dealkylation sites (N-methyl/N-ethyl adjacent to an activating group) is 1.